The molecule has 12 nitrogen and oxygen atoms in total. The predicted octanol–water partition coefficient (Wildman–Crippen LogP) is 6.33. The standard InChI is InChI=1S/C21H12F2N6.C14H11FN6/c22-14-5-3-12(4-6-14)19-28-20-21(29-19)27-18(15-7-9-25-11-16(15)23)17(26-20)13-2-1-8-24-10-13;15-10-7-19-5-3-9(10)12-11(8-2-1-4-18-6-8)20-13(16)14(17)21-12/h1-11H,(H,26,27,28,29);1-7H,(H2,16,20)(H2,17,21). The number of hydrogen-bond donors (Lipinski definition) is 3. The van der Waals surface area contributed by atoms with E-state index >= 15 is 0 Å². The third-order valence-electron chi connectivity index (χ3n) is 7.33. The van der Waals surface area contributed by atoms with Crippen LogP contribution in [0, 0.1) is 17.5 Å². The van der Waals surface area contributed by atoms with E-state index in [1.165, 1.54) is 30.6 Å². The Bertz CT molecular complexity index is 2440. The summed E-state index contributed by atoms with van der Waals surface area (Å²) in [4.78, 5) is 40.8. The molecule has 0 fully saturated rings. The molecule has 0 aliphatic rings. The van der Waals surface area contributed by atoms with Crippen LogP contribution in [0.4, 0.5) is 24.8 Å². The molecule has 0 aliphatic carbocycles. The van der Waals surface area contributed by atoms with Gasteiger partial charge in [-0.2, -0.15) is 0 Å². The number of halogens is 3. The molecule has 15 heteroatoms. The van der Waals surface area contributed by atoms with Gasteiger partial charge in [-0.3, -0.25) is 19.9 Å². The Morgan fingerprint density at radius 3 is 1.54 bits per heavy atom. The Kier molecular flexibility index (Phi) is 8.50. The van der Waals surface area contributed by atoms with Gasteiger partial charge in [0.1, 0.15) is 34.4 Å². The Balaban J connectivity index is 0.000000166. The number of nitrogen functional groups attached to an aromatic ring is 2. The highest BCUT2D eigenvalue weighted by molar-refractivity contribution is 5.85. The molecule has 5 N–H and O–H groups in total. The Morgan fingerprint density at radius 1 is 0.480 bits per heavy atom. The first kappa shape index (κ1) is 31.4. The van der Waals surface area contributed by atoms with Gasteiger partial charge in [0.2, 0.25) is 0 Å². The molecule has 50 heavy (non-hydrogen) atoms. The molecule has 0 spiro atoms. The van der Waals surface area contributed by atoms with Gasteiger partial charge >= 0.3 is 0 Å². The highest BCUT2D eigenvalue weighted by Gasteiger charge is 2.20. The number of anilines is 2. The minimum absolute atomic E-state index is 0.0499. The Morgan fingerprint density at radius 2 is 1.00 bits per heavy atom. The van der Waals surface area contributed by atoms with Crippen molar-refractivity contribution in [3.05, 3.63) is 128 Å². The van der Waals surface area contributed by atoms with E-state index in [1.54, 1.807) is 61.2 Å². The molecule has 0 saturated carbocycles. The second kappa shape index (κ2) is 13.5. The van der Waals surface area contributed by atoms with Gasteiger partial charge in [0.05, 0.1) is 12.4 Å². The smallest absolute Gasteiger partial charge is 0.198 e. The van der Waals surface area contributed by atoms with Crippen LogP contribution in [-0.2, 0) is 0 Å². The van der Waals surface area contributed by atoms with E-state index < -0.39 is 11.6 Å². The van der Waals surface area contributed by atoms with E-state index in [-0.39, 0.29) is 28.6 Å². The second-order valence-corrected chi connectivity index (χ2v) is 10.6. The summed E-state index contributed by atoms with van der Waals surface area (Å²) in [5.41, 5.74) is 16.2. The monoisotopic (exact) mass is 668 g/mol. The van der Waals surface area contributed by atoms with E-state index in [0.717, 1.165) is 12.4 Å². The van der Waals surface area contributed by atoms with Crippen molar-refractivity contribution >= 4 is 22.9 Å². The average molecular weight is 669 g/mol. The van der Waals surface area contributed by atoms with Gasteiger partial charge in [-0.1, -0.05) is 0 Å². The molecule has 8 rings (SSSR count). The Labute approximate surface area is 281 Å². The maximum absolute atomic E-state index is 14.5. The molecule has 8 aromatic rings. The van der Waals surface area contributed by atoms with Gasteiger partial charge in [0, 0.05) is 65.0 Å². The minimum atomic E-state index is -0.513. The first-order valence-electron chi connectivity index (χ1n) is 14.8. The van der Waals surface area contributed by atoms with Crippen LogP contribution in [-0.4, -0.2) is 49.8 Å². The minimum Gasteiger partial charge on any atom is -0.381 e. The number of fused-ring (bicyclic) bond motifs is 1. The summed E-state index contributed by atoms with van der Waals surface area (Å²) in [6.07, 6.45) is 11.7. The molecule has 0 amide bonds. The second-order valence-electron chi connectivity index (χ2n) is 10.6. The summed E-state index contributed by atoms with van der Waals surface area (Å²) in [5, 5.41) is 0. The van der Waals surface area contributed by atoms with Gasteiger partial charge in [-0.25, -0.2) is 38.1 Å². The topological polar surface area (TPSA) is 184 Å². The fourth-order valence-corrected chi connectivity index (χ4v) is 4.96. The molecule has 7 aromatic heterocycles. The zero-order valence-electron chi connectivity index (χ0n) is 25.7. The summed E-state index contributed by atoms with van der Waals surface area (Å²) in [5.74, 6) is -0.730. The van der Waals surface area contributed by atoms with Gasteiger partial charge in [-0.15, -0.1) is 0 Å². The van der Waals surface area contributed by atoms with Crippen molar-refractivity contribution in [2.45, 2.75) is 0 Å². The van der Waals surface area contributed by atoms with Crippen molar-refractivity contribution in [1.82, 2.24) is 49.8 Å². The number of H-pyrrole nitrogens is 1. The zero-order valence-corrected chi connectivity index (χ0v) is 25.7. The van der Waals surface area contributed by atoms with E-state index in [2.05, 4.69) is 49.8 Å². The normalized spacial score (nSPS) is 10.9. The molecule has 0 radical (unpaired) electrons. The Hall–Kier alpha value is -7.16. The number of imidazole rings is 1. The van der Waals surface area contributed by atoms with Crippen LogP contribution in [0.2, 0.25) is 0 Å². The summed E-state index contributed by atoms with van der Waals surface area (Å²) in [7, 11) is 0. The lowest BCUT2D eigenvalue weighted by molar-refractivity contribution is 0.624. The highest BCUT2D eigenvalue weighted by Crippen LogP contribution is 2.33. The summed E-state index contributed by atoms with van der Waals surface area (Å²) < 4.78 is 41.7. The van der Waals surface area contributed by atoms with Crippen molar-refractivity contribution in [3.8, 4) is 56.4 Å². The number of pyridine rings is 4. The number of benzene rings is 1. The lowest BCUT2D eigenvalue weighted by Gasteiger charge is -2.11. The summed E-state index contributed by atoms with van der Waals surface area (Å²) in [6, 6.07) is 16.1. The molecule has 0 atom stereocenters. The van der Waals surface area contributed by atoms with E-state index in [9.17, 15) is 13.2 Å². The van der Waals surface area contributed by atoms with Crippen LogP contribution in [0.15, 0.2) is 110 Å². The van der Waals surface area contributed by atoms with Crippen LogP contribution >= 0.6 is 0 Å². The number of rotatable bonds is 5. The quantitative estimate of drug-likeness (QED) is 0.186. The first-order valence-corrected chi connectivity index (χ1v) is 14.8. The molecule has 1 aromatic carbocycles. The van der Waals surface area contributed by atoms with E-state index in [1.807, 2.05) is 6.07 Å². The van der Waals surface area contributed by atoms with Crippen molar-refractivity contribution in [2.24, 2.45) is 0 Å². The molecule has 0 aliphatic heterocycles. The number of nitrogens with two attached hydrogens (primary N) is 2. The molecule has 244 valence electrons. The molecule has 7 heterocycles. The lowest BCUT2D eigenvalue weighted by atomic mass is 10.1. The molecular formula is C35H23F3N12. The third-order valence-corrected chi connectivity index (χ3v) is 7.33. The van der Waals surface area contributed by atoms with Crippen molar-refractivity contribution < 1.29 is 13.2 Å². The number of hydrogen-bond acceptors (Lipinski definition) is 11. The predicted molar refractivity (Wildman–Crippen MR) is 181 cm³/mol. The van der Waals surface area contributed by atoms with E-state index in [4.69, 9.17) is 11.5 Å². The fraction of sp³-hybridized carbons (Fsp3) is 0. The maximum Gasteiger partial charge on any atom is 0.198 e. The lowest BCUT2D eigenvalue weighted by Crippen LogP contribution is -2.05. The summed E-state index contributed by atoms with van der Waals surface area (Å²) in [6.45, 7) is 0. The molecule has 0 saturated heterocycles. The van der Waals surface area contributed by atoms with Crippen molar-refractivity contribution in [3.63, 3.8) is 0 Å². The largest absolute Gasteiger partial charge is 0.381 e. The fourth-order valence-electron chi connectivity index (χ4n) is 4.96. The van der Waals surface area contributed by atoms with Crippen LogP contribution in [0.3, 0.4) is 0 Å². The third kappa shape index (κ3) is 6.37. The molecule has 0 bridgehead atoms. The number of nitrogens with one attached hydrogen (secondary N) is 1. The average Bonchev–Trinajstić information content (AvgIpc) is 3.57. The zero-order chi connectivity index (χ0) is 34.6. The van der Waals surface area contributed by atoms with Gasteiger partial charge in [0.15, 0.2) is 34.6 Å². The van der Waals surface area contributed by atoms with Crippen LogP contribution in [0.5, 0.6) is 0 Å². The van der Waals surface area contributed by atoms with Gasteiger partial charge in [0.25, 0.3) is 0 Å². The van der Waals surface area contributed by atoms with E-state index in [0.29, 0.717) is 56.6 Å². The van der Waals surface area contributed by atoms with Gasteiger partial charge < -0.3 is 16.5 Å². The number of aromatic nitrogens is 10. The van der Waals surface area contributed by atoms with Crippen LogP contribution in [0.25, 0.3) is 67.7 Å². The highest BCUT2D eigenvalue weighted by atomic mass is 19.1. The van der Waals surface area contributed by atoms with Crippen LogP contribution < -0.4 is 11.5 Å². The number of nitrogens with zero attached hydrogens (tertiary/aromatic N) is 9. The SMILES string of the molecule is Fc1ccc(-c2nc3nc(-c4cccnc4)c(-c4ccncc4F)nc3[nH]2)cc1.Nc1nc(-c2cccnc2)c(-c2ccncc2F)nc1N. The van der Waals surface area contributed by atoms with Crippen molar-refractivity contribution in [2.75, 3.05) is 11.5 Å². The number of aromatic amines is 1. The maximum atomic E-state index is 14.5. The first-order chi connectivity index (χ1) is 24.4. The molecular weight excluding hydrogens is 645 g/mol. The van der Waals surface area contributed by atoms with Gasteiger partial charge in [-0.05, 0) is 60.7 Å². The summed E-state index contributed by atoms with van der Waals surface area (Å²) >= 11 is 0. The van der Waals surface area contributed by atoms with Crippen molar-refractivity contribution in [1.29, 1.82) is 0 Å². The van der Waals surface area contributed by atoms with Crippen LogP contribution in [0.1, 0.15) is 0 Å². The molecule has 0 unspecified atom stereocenters.